The minimum Gasteiger partial charge on any atom is -0.103 e. The van der Waals surface area contributed by atoms with Crippen molar-refractivity contribution in [2.24, 2.45) is 0 Å². The van der Waals surface area contributed by atoms with Crippen molar-refractivity contribution in [2.45, 2.75) is 39.0 Å². The van der Waals surface area contributed by atoms with Gasteiger partial charge in [0.25, 0.3) is 0 Å². The van der Waals surface area contributed by atoms with Crippen LogP contribution in [-0.4, -0.2) is 0 Å². The molecule has 0 fully saturated rings. The molecule has 0 nitrogen and oxygen atoms in total. The van der Waals surface area contributed by atoms with E-state index < -0.39 is 0 Å². The van der Waals surface area contributed by atoms with E-state index in [2.05, 4.69) is 25.7 Å². The quantitative estimate of drug-likeness (QED) is 0.388. The lowest BCUT2D eigenvalue weighted by Crippen LogP contribution is -1.68. The molecule has 0 aromatic carbocycles. The molecule has 0 amide bonds. The summed E-state index contributed by atoms with van der Waals surface area (Å²) in [6.45, 7) is 5.87. The summed E-state index contributed by atoms with van der Waals surface area (Å²) >= 11 is 0. The van der Waals surface area contributed by atoms with Crippen LogP contribution in [0, 0.1) is 0 Å². The summed E-state index contributed by atoms with van der Waals surface area (Å²) in [5.41, 5.74) is 0. The van der Waals surface area contributed by atoms with Crippen molar-refractivity contribution >= 4 is 0 Å². The van der Waals surface area contributed by atoms with Gasteiger partial charge in [-0.3, -0.25) is 0 Å². The molecule has 58 valence electrons. The fourth-order valence-corrected chi connectivity index (χ4v) is 0.782. The van der Waals surface area contributed by atoms with Crippen LogP contribution in [0.5, 0.6) is 0 Å². The first-order chi connectivity index (χ1) is 4.91. The van der Waals surface area contributed by atoms with Crippen LogP contribution >= 0.6 is 0 Å². The van der Waals surface area contributed by atoms with Gasteiger partial charge in [-0.1, -0.05) is 31.6 Å². The highest BCUT2D eigenvalue weighted by Crippen LogP contribution is 1.98. The SMILES string of the molecule is C=CCCC/C=C/CCC. The molecule has 0 aliphatic heterocycles. The minimum atomic E-state index is 1.15. The topological polar surface area (TPSA) is 0 Å². The highest BCUT2D eigenvalue weighted by molar-refractivity contribution is 4.81. The Bertz CT molecular complexity index is 90.2. The Kier molecular flexibility index (Phi) is 8.04. The molecule has 0 bridgehead atoms. The average molecular weight is 138 g/mol. The number of hydrogen-bond donors (Lipinski definition) is 0. The zero-order valence-corrected chi connectivity index (χ0v) is 6.97. The Hall–Kier alpha value is -0.520. The van der Waals surface area contributed by atoms with Crippen LogP contribution in [0.3, 0.4) is 0 Å². The molecule has 0 atom stereocenters. The molecule has 0 rings (SSSR count). The monoisotopic (exact) mass is 138 g/mol. The first kappa shape index (κ1) is 9.48. The maximum Gasteiger partial charge on any atom is -0.0348 e. The Morgan fingerprint density at radius 3 is 2.40 bits per heavy atom. The van der Waals surface area contributed by atoms with Gasteiger partial charge in [-0.25, -0.2) is 0 Å². The van der Waals surface area contributed by atoms with E-state index in [1.807, 2.05) is 6.08 Å². The van der Waals surface area contributed by atoms with Crippen molar-refractivity contribution in [3.05, 3.63) is 24.8 Å². The second-order valence-corrected chi connectivity index (χ2v) is 2.48. The van der Waals surface area contributed by atoms with Crippen LogP contribution in [-0.2, 0) is 0 Å². The molecule has 0 N–H and O–H groups in total. The summed E-state index contributed by atoms with van der Waals surface area (Å²) in [5.74, 6) is 0. The number of hydrogen-bond acceptors (Lipinski definition) is 0. The van der Waals surface area contributed by atoms with Crippen molar-refractivity contribution in [3.63, 3.8) is 0 Å². The van der Waals surface area contributed by atoms with Crippen LogP contribution in [0.4, 0.5) is 0 Å². The van der Waals surface area contributed by atoms with E-state index in [9.17, 15) is 0 Å². The van der Waals surface area contributed by atoms with Crippen LogP contribution in [0.2, 0.25) is 0 Å². The lowest BCUT2D eigenvalue weighted by atomic mass is 10.2. The van der Waals surface area contributed by atoms with E-state index in [4.69, 9.17) is 0 Å². The third-order valence-electron chi connectivity index (χ3n) is 1.40. The summed E-state index contributed by atoms with van der Waals surface area (Å²) in [4.78, 5) is 0. The molecule has 0 heterocycles. The third kappa shape index (κ3) is 7.48. The van der Waals surface area contributed by atoms with Crippen molar-refractivity contribution < 1.29 is 0 Å². The van der Waals surface area contributed by atoms with Gasteiger partial charge in [0.15, 0.2) is 0 Å². The normalized spacial score (nSPS) is 10.5. The molecule has 0 aromatic heterocycles. The van der Waals surface area contributed by atoms with Gasteiger partial charge in [0, 0.05) is 0 Å². The fraction of sp³-hybridized carbons (Fsp3) is 0.600. The van der Waals surface area contributed by atoms with E-state index in [-0.39, 0.29) is 0 Å². The van der Waals surface area contributed by atoms with Crippen molar-refractivity contribution in [1.82, 2.24) is 0 Å². The van der Waals surface area contributed by atoms with Crippen LogP contribution in [0.1, 0.15) is 39.0 Å². The summed E-state index contributed by atoms with van der Waals surface area (Å²) in [7, 11) is 0. The van der Waals surface area contributed by atoms with Gasteiger partial charge in [0.1, 0.15) is 0 Å². The average Bonchev–Trinajstić information content (AvgIpc) is 1.97. The van der Waals surface area contributed by atoms with Gasteiger partial charge in [0.05, 0.1) is 0 Å². The van der Waals surface area contributed by atoms with E-state index in [0.29, 0.717) is 0 Å². The second kappa shape index (κ2) is 8.48. The molecule has 0 aliphatic rings. The Balaban J connectivity index is 2.94. The second-order valence-electron chi connectivity index (χ2n) is 2.48. The Labute approximate surface area is 64.6 Å². The predicted molar refractivity (Wildman–Crippen MR) is 48.1 cm³/mol. The van der Waals surface area contributed by atoms with Gasteiger partial charge in [0.2, 0.25) is 0 Å². The standard InChI is InChI=1S/C10H18/c1-3-5-7-9-10-8-6-4-2/h3,8,10H,1,4-7,9H2,2H3/b10-8+. The van der Waals surface area contributed by atoms with Gasteiger partial charge in [-0.05, 0) is 25.7 Å². The maximum absolute atomic E-state index is 3.67. The lowest BCUT2D eigenvalue weighted by Gasteiger charge is -1.88. The van der Waals surface area contributed by atoms with Crippen LogP contribution < -0.4 is 0 Å². The molecule has 10 heavy (non-hydrogen) atoms. The minimum absolute atomic E-state index is 1.15. The summed E-state index contributed by atoms with van der Waals surface area (Å²) in [6.07, 6.45) is 12.6. The molecule has 0 saturated heterocycles. The van der Waals surface area contributed by atoms with Gasteiger partial charge in [-0.2, -0.15) is 0 Å². The molecule has 0 heteroatoms. The summed E-state index contributed by atoms with van der Waals surface area (Å²) in [5, 5.41) is 0. The van der Waals surface area contributed by atoms with Crippen molar-refractivity contribution in [1.29, 1.82) is 0 Å². The van der Waals surface area contributed by atoms with E-state index >= 15 is 0 Å². The number of rotatable bonds is 6. The van der Waals surface area contributed by atoms with Crippen molar-refractivity contribution in [2.75, 3.05) is 0 Å². The summed E-state index contributed by atoms with van der Waals surface area (Å²) in [6, 6.07) is 0. The molecule has 0 saturated carbocycles. The van der Waals surface area contributed by atoms with E-state index in [0.717, 1.165) is 6.42 Å². The van der Waals surface area contributed by atoms with E-state index in [1.165, 1.54) is 25.7 Å². The zero-order valence-electron chi connectivity index (χ0n) is 6.97. The first-order valence-electron chi connectivity index (χ1n) is 4.17. The molecule has 0 unspecified atom stereocenters. The molecule has 0 spiro atoms. The predicted octanol–water partition coefficient (Wildman–Crippen LogP) is 3.70. The number of unbranched alkanes of at least 4 members (excludes halogenated alkanes) is 3. The molecule has 0 aromatic rings. The van der Waals surface area contributed by atoms with Gasteiger partial charge < -0.3 is 0 Å². The van der Waals surface area contributed by atoms with Crippen LogP contribution in [0.25, 0.3) is 0 Å². The van der Waals surface area contributed by atoms with Crippen molar-refractivity contribution in [3.8, 4) is 0 Å². The Morgan fingerprint density at radius 2 is 1.80 bits per heavy atom. The molecule has 0 radical (unpaired) electrons. The van der Waals surface area contributed by atoms with Gasteiger partial charge in [-0.15, -0.1) is 6.58 Å². The Morgan fingerprint density at radius 1 is 1.10 bits per heavy atom. The highest BCUT2D eigenvalue weighted by Gasteiger charge is 1.78. The van der Waals surface area contributed by atoms with Gasteiger partial charge >= 0.3 is 0 Å². The smallest absolute Gasteiger partial charge is 0.0348 e. The third-order valence-corrected chi connectivity index (χ3v) is 1.40. The summed E-state index contributed by atoms with van der Waals surface area (Å²) < 4.78 is 0. The fourth-order valence-electron chi connectivity index (χ4n) is 0.782. The highest BCUT2D eigenvalue weighted by atomic mass is 13.8. The first-order valence-corrected chi connectivity index (χ1v) is 4.17. The molecule has 0 aliphatic carbocycles. The van der Waals surface area contributed by atoms with Crippen LogP contribution in [0.15, 0.2) is 24.8 Å². The lowest BCUT2D eigenvalue weighted by molar-refractivity contribution is 0.860. The largest absolute Gasteiger partial charge is 0.103 e. The maximum atomic E-state index is 3.67. The zero-order chi connectivity index (χ0) is 7.66. The van der Waals surface area contributed by atoms with E-state index in [1.54, 1.807) is 0 Å². The molecular formula is C10H18. The number of allylic oxidation sites excluding steroid dienone is 3. The molecular weight excluding hydrogens is 120 g/mol.